The first-order valence-electron chi connectivity index (χ1n) is 9.85. The first-order chi connectivity index (χ1) is 13.5. The average molecular weight is 382 g/mol. The predicted octanol–water partition coefficient (Wildman–Crippen LogP) is 0.155. The van der Waals surface area contributed by atoms with Gasteiger partial charge in [-0.25, -0.2) is 0 Å². The molecular formula is C20H22N4O4. The van der Waals surface area contributed by atoms with Crippen molar-refractivity contribution in [2.24, 2.45) is 0 Å². The molecule has 4 aliphatic heterocycles. The molecule has 0 bridgehead atoms. The van der Waals surface area contributed by atoms with Gasteiger partial charge in [0.2, 0.25) is 11.8 Å². The fraction of sp³-hybridized carbons (Fsp3) is 0.500. The van der Waals surface area contributed by atoms with Crippen LogP contribution in [0.15, 0.2) is 12.1 Å². The van der Waals surface area contributed by atoms with Crippen molar-refractivity contribution in [3.63, 3.8) is 0 Å². The summed E-state index contributed by atoms with van der Waals surface area (Å²) in [6.07, 6.45) is 2.46. The fourth-order valence-corrected chi connectivity index (χ4v) is 4.81. The highest BCUT2D eigenvalue weighted by Crippen LogP contribution is 2.34. The molecule has 2 fully saturated rings. The molecule has 1 aromatic rings. The molecule has 4 amide bonds. The summed E-state index contributed by atoms with van der Waals surface area (Å²) in [5.74, 6) is -0.872. The van der Waals surface area contributed by atoms with E-state index < -0.39 is 11.9 Å². The molecule has 0 aliphatic carbocycles. The SMILES string of the molecule is O=C1CCC(N2Cc3cc4c(cc3C2=O)CN(C2CCNCC2)C4=O)C(=O)N1. The molecule has 1 unspecified atom stereocenters. The van der Waals surface area contributed by atoms with Gasteiger partial charge in [0.05, 0.1) is 0 Å². The van der Waals surface area contributed by atoms with E-state index in [2.05, 4.69) is 10.6 Å². The van der Waals surface area contributed by atoms with E-state index in [1.54, 1.807) is 0 Å². The van der Waals surface area contributed by atoms with Crippen LogP contribution in [0.1, 0.15) is 57.5 Å². The Hall–Kier alpha value is -2.74. The van der Waals surface area contributed by atoms with Crippen molar-refractivity contribution in [2.75, 3.05) is 13.1 Å². The number of benzene rings is 1. The van der Waals surface area contributed by atoms with Crippen LogP contribution in [-0.2, 0) is 22.7 Å². The summed E-state index contributed by atoms with van der Waals surface area (Å²) in [5, 5.41) is 5.63. The number of nitrogens with zero attached hydrogens (tertiary/aromatic N) is 2. The first kappa shape index (κ1) is 17.4. The lowest BCUT2D eigenvalue weighted by atomic mass is 10.0. The van der Waals surface area contributed by atoms with Gasteiger partial charge in [-0.1, -0.05) is 0 Å². The maximum atomic E-state index is 13.0. The van der Waals surface area contributed by atoms with Crippen molar-refractivity contribution >= 4 is 23.6 Å². The minimum atomic E-state index is -0.630. The van der Waals surface area contributed by atoms with Crippen molar-refractivity contribution in [3.8, 4) is 0 Å². The van der Waals surface area contributed by atoms with Crippen LogP contribution in [0.3, 0.4) is 0 Å². The third-order valence-electron chi connectivity index (χ3n) is 6.33. The molecule has 2 N–H and O–H groups in total. The minimum Gasteiger partial charge on any atom is -0.331 e. The highest BCUT2D eigenvalue weighted by atomic mass is 16.2. The number of hydrogen-bond donors (Lipinski definition) is 2. The number of fused-ring (bicyclic) bond motifs is 2. The Morgan fingerprint density at radius 2 is 1.43 bits per heavy atom. The van der Waals surface area contributed by atoms with Gasteiger partial charge < -0.3 is 15.1 Å². The molecule has 0 aromatic heterocycles. The molecule has 1 aromatic carbocycles. The number of piperidine rings is 2. The molecule has 0 radical (unpaired) electrons. The molecule has 4 heterocycles. The third-order valence-corrected chi connectivity index (χ3v) is 6.33. The Labute approximate surface area is 162 Å². The summed E-state index contributed by atoms with van der Waals surface area (Å²) in [7, 11) is 0. The number of imide groups is 1. The summed E-state index contributed by atoms with van der Waals surface area (Å²) in [5.41, 5.74) is 2.92. The van der Waals surface area contributed by atoms with Crippen molar-refractivity contribution in [1.29, 1.82) is 0 Å². The van der Waals surface area contributed by atoms with E-state index in [9.17, 15) is 19.2 Å². The van der Waals surface area contributed by atoms with Gasteiger partial charge >= 0.3 is 0 Å². The quantitative estimate of drug-likeness (QED) is 0.710. The van der Waals surface area contributed by atoms with Crippen LogP contribution in [0.4, 0.5) is 0 Å². The monoisotopic (exact) mass is 382 g/mol. The van der Waals surface area contributed by atoms with Crippen LogP contribution in [0.2, 0.25) is 0 Å². The van der Waals surface area contributed by atoms with Crippen molar-refractivity contribution < 1.29 is 19.2 Å². The zero-order valence-electron chi connectivity index (χ0n) is 15.5. The maximum Gasteiger partial charge on any atom is 0.255 e. The van der Waals surface area contributed by atoms with Gasteiger partial charge in [0.15, 0.2) is 0 Å². The molecule has 4 aliphatic rings. The highest BCUT2D eigenvalue weighted by molar-refractivity contribution is 6.07. The second-order valence-electron chi connectivity index (χ2n) is 7.98. The Kier molecular flexibility index (Phi) is 3.97. The van der Waals surface area contributed by atoms with Crippen LogP contribution >= 0.6 is 0 Å². The zero-order valence-corrected chi connectivity index (χ0v) is 15.5. The normalized spacial score (nSPS) is 25.2. The molecule has 0 saturated carbocycles. The molecule has 28 heavy (non-hydrogen) atoms. The lowest BCUT2D eigenvalue weighted by Gasteiger charge is -2.31. The summed E-state index contributed by atoms with van der Waals surface area (Å²) in [6, 6.07) is 3.27. The van der Waals surface area contributed by atoms with Gasteiger partial charge in [0.25, 0.3) is 11.8 Å². The van der Waals surface area contributed by atoms with Crippen LogP contribution in [0.25, 0.3) is 0 Å². The molecular weight excluding hydrogens is 360 g/mol. The molecule has 5 rings (SSSR count). The van der Waals surface area contributed by atoms with Gasteiger partial charge in [0, 0.05) is 36.7 Å². The molecule has 0 spiro atoms. The predicted molar refractivity (Wildman–Crippen MR) is 98.3 cm³/mol. The minimum absolute atomic E-state index is 0.0385. The summed E-state index contributed by atoms with van der Waals surface area (Å²) < 4.78 is 0. The molecule has 8 heteroatoms. The van der Waals surface area contributed by atoms with E-state index >= 15 is 0 Å². The van der Waals surface area contributed by atoms with Crippen molar-refractivity contribution in [2.45, 2.75) is 50.9 Å². The lowest BCUT2D eigenvalue weighted by molar-refractivity contribution is -0.136. The van der Waals surface area contributed by atoms with E-state index in [-0.39, 0.29) is 30.2 Å². The second kappa shape index (κ2) is 6.41. The van der Waals surface area contributed by atoms with Gasteiger partial charge in [-0.05, 0) is 55.6 Å². The Morgan fingerprint density at radius 1 is 0.821 bits per heavy atom. The van der Waals surface area contributed by atoms with E-state index in [1.165, 1.54) is 4.90 Å². The Balaban J connectivity index is 1.39. The van der Waals surface area contributed by atoms with E-state index in [1.807, 2.05) is 17.0 Å². The van der Waals surface area contributed by atoms with Crippen LogP contribution in [-0.4, -0.2) is 58.6 Å². The standard InChI is InChI=1S/C20H22N4O4/c25-17-2-1-16(18(26)22-17)24-10-12-8-14-11(7-15(12)20(24)28)9-23(19(14)27)13-3-5-21-6-4-13/h7-8,13,16,21H,1-6,9-10H2,(H,22,25,26). The molecule has 8 nitrogen and oxygen atoms in total. The van der Waals surface area contributed by atoms with Gasteiger partial charge in [-0.2, -0.15) is 0 Å². The Morgan fingerprint density at radius 3 is 2.07 bits per heavy atom. The van der Waals surface area contributed by atoms with Crippen molar-refractivity contribution in [1.82, 2.24) is 20.4 Å². The van der Waals surface area contributed by atoms with E-state index in [0.29, 0.717) is 30.6 Å². The molecule has 2 saturated heterocycles. The van der Waals surface area contributed by atoms with Gasteiger partial charge in [-0.3, -0.25) is 24.5 Å². The van der Waals surface area contributed by atoms with Crippen LogP contribution in [0, 0.1) is 0 Å². The van der Waals surface area contributed by atoms with E-state index in [4.69, 9.17) is 0 Å². The number of rotatable bonds is 2. The van der Waals surface area contributed by atoms with Crippen molar-refractivity contribution in [3.05, 3.63) is 34.4 Å². The lowest BCUT2D eigenvalue weighted by Crippen LogP contribution is -2.52. The molecule has 146 valence electrons. The maximum absolute atomic E-state index is 13.0. The number of amides is 4. The third kappa shape index (κ3) is 2.63. The van der Waals surface area contributed by atoms with Crippen LogP contribution < -0.4 is 10.6 Å². The smallest absolute Gasteiger partial charge is 0.255 e. The largest absolute Gasteiger partial charge is 0.331 e. The number of carbonyl (C=O) groups excluding carboxylic acids is 4. The first-order valence-corrected chi connectivity index (χ1v) is 9.85. The summed E-state index contributed by atoms with van der Waals surface area (Å²) >= 11 is 0. The van der Waals surface area contributed by atoms with E-state index in [0.717, 1.165) is 37.1 Å². The van der Waals surface area contributed by atoms with Gasteiger partial charge in [0.1, 0.15) is 6.04 Å². The Bertz CT molecular complexity index is 906. The zero-order chi connectivity index (χ0) is 19.4. The average Bonchev–Trinajstić information content (AvgIpc) is 3.18. The number of hydrogen-bond acceptors (Lipinski definition) is 5. The summed E-state index contributed by atoms with van der Waals surface area (Å²) in [4.78, 5) is 52.9. The highest BCUT2D eigenvalue weighted by Gasteiger charge is 2.41. The second-order valence-corrected chi connectivity index (χ2v) is 7.98. The molecule has 1 atom stereocenters. The summed E-state index contributed by atoms with van der Waals surface area (Å²) in [6.45, 7) is 2.67. The number of nitrogens with one attached hydrogen (secondary N) is 2. The van der Waals surface area contributed by atoms with Gasteiger partial charge in [-0.15, -0.1) is 0 Å². The van der Waals surface area contributed by atoms with Crippen LogP contribution in [0.5, 0.6) is 0 Å². The fourth-order valence-electron chi connectivity index (χ4n) is 4.81. The number of carbonyl (C=O) groups is 4. The topological polar surface area (TPSA) is 98.8 Å².